The predicted octanol–water partition coefficient (Wildman–Crippen LogP) is 3.95. The lowest BCUT2D eigenvalue weighted by Crippen LogP contribution is -2.35. The van der Waals surface area contributed by atoms with Crippen LogP contribution in [0.4, 0.5) is 0 Å². The second-order valence-corrected chi connectivity index (χ2v) is 6.39. The van der Waals surface area contributed by atoms with Gasteiger partial charge in [0.1, 0.15) is 0 Å². The first kappa shape index (κ1) is 13.7. The van der Waals surface area contributed by atoms with E-state index in [9.17, 15) is 4.79 Å². The van der Waals surface area contributed by atoms with E-state index >= 15 is 0 Å². The number of carbonyl (C=O) groups excluding carboxylic acids is 1. The van der Waals surface area contributed by atoms with Gasteiger partial charge in [0.2, 0.25) is 5.91 Å². The molecule has 1 atom stereocenters. The molecule has 0 bridgehead atoms. The van der Waals surface area contributed by atoms with E-state index in [2.05, 4.69) is 29.6 Å². The SMILES string of the molecule is O=C(CC1CCc2ccccc21)NC1CCCCCC1. The Morgan fingerprint density at radius 1 is 1.05 bits per heavy atom. The van der Waals surface area contributed by atoms with E-state index in [1.54, 1.807) is 0 Å². The zero-order valence-electron chi connectivity index (χ0n) is 12.2. The summed E-state index contributed by atoms with van der Waals surface area (Å²) >= 11 is 0. The third-order valence-electron chi connectivity index (χ3n) is 4.91. The Labute approximate surface area is 122 Å². The molecule has 1 fully saturated rings. The molecule has 1 aromatic rings. The van der Waals surface area contributed by atoms with Crippen molar-refractivity contribution in [2.75, 3.05) is 0 Å². The average molecular weight is 271 g/mol. The summed E-state index contributed by atoms with van der Waals surface area (Å²) in [6.07, 6.45) is 10.5. The van der Waals surface area contributed by atoms with Gasteiger partial charge in [-0.25, -0.2) is 0 Å². The third-order valence-corrected chi connectivity index (χ3v) is 4.91. The van der Waals surface area contributed by atoms with Crippen LogP contribution in [0.1, 0.15) is 68.4 Å². The molecule has 1 unspecified atom stereocenters. The molecule has 2 nitrogen and oxygen atoms in total. The Morgan fingerprint density at radius 3 is 2.60 bits per heavy atom. The highest BCUT2D eigenvalue weighted by molar-refractivity contribution is 5.77. The van der Waals surface area contributed by atoms with Crippen molar-refractivity contribution in [2.24, 2.45) is 0 Å². The van der Waals surface area contributed by atoms with Crippen LogP contribution >= 0.6 is 0 Å². The van der Waals surface area contributed by atoms with Gasteiger partial charge < -0.3 is 5.32 Å². The Bertz CT molecular complexity index is 460. The second kappa shape index (κ2) is 6.43. The first-order chi connectivity index (χ1) is 9.83. The van der Waals surface area contributed by atoms with Crippen LogP contribution in [0.2, 0.25) is 0 Å². The number of amides is 1. The van der Waals surface area contributed by atoms with Crippen LogP contribution in [0.15, 0.2) is 24.3 Å². The maximum absolute atomic E-state index is 12.3. The number of aryl methyl sites for hydroxylation is 1. The lowest BCUT2D eigenvalue weighted by Gasteiger charge is -2.18. The van der Waals surface area contributed by atoms with Gasteiger partial charge in [-0.3, -0.25) is 4.79 Å². The Balaban J connectivity index is 1.54. The molecule has 1 aromatic carbocycles. The Hall–Kier alpha value is -1.31. The monoisotopic (exact) mass is 271 g/mol. The minimum Gasteiger partial charge on any atom is -0.353 e. The summed E-state index contributed by atoms with van der Waals surface area (Å²) in [5.74, 6) is 0.704. The van der Waals surface area contributed by atoms with Crippen molar-refractivity contribution >= 4 is 5.91 Å². The molecule has 0 aliphatic heterocycles. The molecule has 1 N–H and O–H groups in total. The molecule has 2 heteroatoms. The molecule has 0 aromatic heterocycles. The fraction of sp³-hybridized carbons (Fsp3) is 0.611. The molecule has 0 radical (unpaired) electrons. The molecule has 108 valence electrons. The first-order valence-corrected chi connectivity index (χ1v) is 8.20. The number of hydrogen-bond donors (Lipinski definition) is 1. The van der Waals surface area contributed by atoms with E-state index in [0.29, 0.717) is 18.4 Å². The van der Waals surface area contributed by atoms with Crippen molar-refractivity contribution in [3.8, 4) is 0 Å². The zero-order chi connectivity index (χ0) is 13.8. The number of nitrogens with one attached hydrogen (secondary N) is 1. The first-order valence-electron chi connectivity index (χ1n) is 8.20. The summed E-state index contributed by atoms with van der Waals surface area (Å²) in [5, 5.41) is 3.28. The summed E-state index contributed by atoms with van der Waals surface area (Å²) in [6.45, 7) is 0. The minimum atomic E-state index is 0.263. The standard InChI is InChI=1S/C18H25NO/c20-18(19-16-8-3-1-2-4-9-16)13-15-12-11-14-7-5-6-10-17(14)15/h5-7,10,15-16H,1-4,8-9,11-13H2,(H,19,20). The molecule has 1 amide bonds. The normalized spacial score (nSPS) is 23.1. The van der Waals surface area contributed by atoms with E-state index < -0.39 is 0 Å². The van der Waals surface area contributed by atoms with E-state index in [1.807, 2.05) is 0 Å². The van der Waals surface area contributed by atoms with Crippen LogP contribution in [0.5, 0.6) is 0 Å². The van der Waals surface area contributed by atoms with Crippen LogP contribution in [0.25, 0.3) is 0 Å². The fourth-order valence-corrected chi connectivity index (χ4v) is 3.79. The largest absolute Gasteiger partial charge is 0.353 e. The number of rotatable bonds is 3. The van der Waals surface area contributed by atoms with Crippen LogP contribution in [0, 0.1) is 0 Å². The van der Waals surface area contributed by atoms with Gasteiger partial charge in [-0.05, 0) is 42.7 Å². The lowest BCUT2D eigenvalue weighted by atomic mass is 9.97. The molecule has 0 spiro atoms. The van der Waals surface area contributed by atoms with Gasteiger partial charge in [0, 0.05) is 12.5 Å². The van der Waals surface area contributed by atoms with Gasteiger partial charge in [-0.15, -0.1) is 0 Å². The number of fused-ring (bicyclic) bond motifs is 1. The van der Waals surface area contributed by atoms with Crippen molar-refractivity contribution in [3.63, 3.8) is 0 Å². The number of carbonyl (C=O) groups is 1. The van der Waals surface area contributed by atoms with Crippen LogP contribution in [-0.2, 0) is 11.2 Å². The van der Waals surface area contributed by atoms with Crippen molar-refractivity contribution in [3.05, 3.63) is 35.4 Å². The van der Waals surface area contributed by atoms with Crippen molar-refractivity contribution < 1.29 is 4.79 Å². The lowest BCUT2D eigenvalue weighted by molar-refractivity contribution is -0.122. The molecular formula is C18H25NO. The quantitative estimate of drug-likeness (QED) is 0.829. The topological polar surface area (TPSA) is 29.1 Å². The molecular weight excluding hydrogens is 246 g/mol. The van der Waals surface area contributed by atoms with Gasteiger partial charge in [-0.2, -0.15) is 0 Å². The number of benzene rings is 1. The maximum Gasteiger partial charge on any atom is 0.220 e. The van der Waals surface area contributed by atoms with E-state index in [0.717, 1.165) is 12.8 Å². The highest BCUT2D eigenvalue weighted by Gasteiger charge is 2.25. The van der Waals surface area contributed by atoms with E-state index in [4.69, 9.17) is 0 Å². The Kier molecular flexibility index (Phi) is 4.39. The van der Waals surface area contributed by atoms with Crippen molar-refractivity contribution in [2.45, 2.75) is 69.7 Å². The molecule has 0 heterocycles. The van der Waals surface area contributed by atoms with Gasteiger partial charge in [0.05, 0.1) is 0 Å². The van der Waals surface area contributed by atoms with Crippen molar-refractivity contribution in [1.82, 2.24) is 5.32 Å². The number of hydrogen-bond acceptors (Lipinski definition) is 1. The van der Waals surface area contributed by atoms with Gasteiger partial charge in [0.25, 0.3) is 0 Å². The highest BCUT2D eigenvalue weighted by atomic mass is 16.1. The zero-order valence-corrected chi connectivity index (χ0v) is 12.2. The summed E-state index contributed by atoms with van der Waals surface area (Å²) in [6, 6.07) is 9.04. The van der Waals surface area contributed by atoms with E-state index in [1.165, 1.54) is 49.7 Å². The second-order valence-electron chi connectivity index (χ2n) is 6.39. The molecule has 3 rings (SSSR count). The molecule has 20 heavy (non-hydrogen) atoms. The average Bonchev–Trinajstić information content (AvgIpc) is 2.68. The summed E-state index contributed by atoms with van der Waals surface area (Å²) in [7, 11) is 0. The Morgan fingerprint density at radius 2 is 1.80 bits per heavy atom. The van der Waals surface area contributed by atoms with Gasteiger partial charge in [0.15, 0.2) is 0 Å². The van der Waals surface area contributed by atoms with E-state index in [-0.39, 0.29) is 5.91 Å². The summed E-state index contributed by atoms with van der Waals surface area (Å²) in [4.78, 5) is 12.3. The molecule has 0 saturated heterocycles. The fourth-order valence-electron chi connectivity index (χ4n) is 3.79. The predicted molar refractivity (Wildman–Crippen MR) is 81.8 cm³/mol. The van der Waals surface area contributed by atoms with Gasteiger partial charge in [-0.1, -0.05) is 49.9 Å². The minimum absolute atomic E-state index is 0.263. The smallest absolute Gasteiger partial charge is 0.220 e. The van der Waals surface area contributed by atoms with Gasteiger partial charge >= 0.3 is 0 Å². The third kappa shape index (κ3) is 3.23. The summed E-state index contributed by atoms with van der Waals surface area (Å²) < 4.78 is 0. The highest BCUT2D eigenvalue weighted by Crippen LogP contribution is 2.35. The molecule has 2 aliphatic carbocycles. The van der Waals surface area contributed by atoms with Crippen LogP contribution in [-0.4, -0.2) is 11.9 Å². The molecule has 2 aliphatic rings. The van der Waals surface area contributed by atoms with Crippen LogP contribution in [0.3, 0.4) is 0 Å². The molecule has 1 saturated carbocycles. The van der Waals surface area contributed by atoms with Crippen LogP contribution < -0.4 is 5.32 Å². The van der Waals surface area contributed by atoms with Crippen molar-refractivity contribution in [1.29, 1.82) is 0 Å². The maximum atomic E-state index is 12.3. The summed E-state index contributed by atoms with van der Waals surface area (Å²) in [5.41, 5.74) is 2.85.